The van der Waals surface area contributed by atoms with Crippen molar-refractivity contribution in [3.05, 3.63) is 109 Å². The second-order valence-corrected chi connectivity index (χ2v) is 17.8. The van der Waals surface area contributed by atoms with Crippen LogP contribution in [0.5, 0.6) is 0 Å². The summed E-state index contributed by atoms with van der Waals surface area (Å²) in [6.45, 7) is 11.1. The number of piperazine rings is 1. The Morgan fingerprint density at radius 2 is 1.12 bits per heavy atom. The number of hydrogen-bond donors (Lipinski definition) is 5. The molecule has 0 spiro atoms. The molecule has 21 heteroatoms. The van der Waals surface area contributed by atoms with Gasteiger partial charge in [0.1, 0.15) is 6.10 Å². The number of carbonyl (C=O) groups excluding carboxylic acids is 3. The minimum atomic E-state index is -0.730. The van der Waals surface area contributed by atoms with E-state index in [0.29, 0.717) is 48.1 Å². The van der Waals surface area contributed by atoms with Crippen LogP contribution in [-0.4, -0.2) is 119 Å². The lowest BCUT2D eigenvalue weighted by atomic mass is 10.0. The number of fused-ring (bicyclic) bond motifs is 2. The monoisotopic (exact) mass is 966 g/mol. The maximum absolute atomic E-state index is 12.6. The molecule has 0 bridgehead atoms. The van der Waals surface area contributed by atoms with Crippen molar-refractivity contribution in [3.63, 3.8) is 0 Å². The van der Waals surface area contributed by atoms with E-state index in [1.165, 1.54) is 22.7 Å². The Kier molecular flexibility index (Phi) is 15.3. The average Bonchev–Trinajstić information content (AvgIpc) is 3.97. The minimum absolute atomic E-state index is 0.293. The van der Waals surface area contributed by atoms with Gasteiger partial charge in [-0.15, -0.1) is 0 Å². The van der Waals surface area contributed by atoms with Crippen molar-refractivity contribution in [3.8, 4) is 44.8 Å². The lowest BCUT2D eigenvalue weighted by Gasteiger charge is -2.32. The summed E-state index contributed by atoms with van der Waals surface area (Å²) in [6, 6.07) is 18.8. The van der Waals surface area contributed by atoms with Gasteiger partial charge in [0.15, 0.2) is 28.0 Å². The van der Waals surface area contributed by atoms with Crippen LogP contribution in [0.2, 0.25) is 0 Å². The number of carbonyl (C=O) groups is 3. The number of thiazole rings is 2. The van der Waals surface area contributed by atoms with E-state index in [2.05, 4.69) is 66.0 Å². The average molecular weight is 967 g/mol. The molecular formula is C48H50N14O5S2. The van der Waals surface area contributed by atoms with Crippen LogP contribution in [0.15, 0.2) is 97.8 Å². The predicted molar refractivity (Wildman–Crippen MR) is 268 cm³/mol. The standard InChI is InChI=1S/C27H30N8O3S.C21H20N6O2S/c1-4-28-25(36)33-26-32-22-14-18(13-20(23(22)39-26)21-7-5-6-8-29-21)19-15-30-24(31-16-19)17(2)38-27(37)35-11-9-34(3)10-12-35;1-3-22-20(29)27-21-26-17-9-13(14-10-24-19(12(2)28)25-11-14)8-15(18(17)30-21)16-6-4-5-7-23-16/h5-8,13-17H,4,9-12H2,1-3H3,(H2,28,32,33,36);4-12,28H,3H2,1-2H3,(H2,22,26,27,29). The fraction of sp³-hybridized carbons (Fsp3) is 0.271. The van der Waals surface area contributed by atoms with Crippen molar-refractivity contribution < 1.29 is 24.2 Å². The van der Waals surface area contributed by atoms with Gasteiger partial charge in [0.05, 0.1) is 31.8 Å². The first-order chi connectivity index (χ1) is 33.5. The number of aromatic nitrogens is 8. The van der Waals surface area contributed by atoms with Crippen LogP contribution in [0.4, 0.5) is 24.6 Å². The molecule has 6 aromatic heterocycles. The van der Waals surface area contributed by atoms with Gasteiger partial charge in [-0.3, -0.25) is 20.6 Å². The molecule has 2 aromatic carbocycles. The molecular weight excluding hydrogens is 917 g/mol. The number of hydrogen-bond acceptors (Lipinski definition) is 16. The predicted octanol–water partition coefficient (Wildman–Crippen LogP) is 8.41. The minimum Gasteiger partial charge on any atom is -0.438 e. The van der Waals surface area contributed by atoms with E-state index in [9.17, 15) is 19.5 Å². The Bertz CT molecular complexity index is 3040. The SMILES string of the molecule is CCNC(=O)Nc1nc2cc(-c3cnc(C(C)O)nc3)cc(-c3ccccn3)c2s1.CCNC(=O)Nc1nc2cc(-c3cnc(C(C)OC(=O)N4CCN(C)CC4)nc3)cc(-c3ccccn3)c2s1. The van der Waals surface area contributed by atoms with Crippen molar-refractivity contribution in [1.82, 2.24) is 60.3 Å². The summed E-state index contributed by atoms with van der Waals surface area (Å²) in [4.78, 5) is 76.2. The Morgan fingerprint density at radius 3 is 1.54 bits per heavy atom. The molecule has 8 aromatic rings. The zero-order valence-corrected chi connectivity index (χ0v) is 40.1. The van der Waals surface area contributed by atoms with E-state index in [0.717, 1.165) is 78.3 Å². The first kappa shape index (κ1) is 47.9. The second-order valence-electron chi connectivity index (χ2n) is 15.8. The van der Waals surface area contributed by atoms with Crippen LogP contribution in [0, 0.1) is 0 Å². The summed E-state index contributed by atoms with van der Waals surface area (Å²) in [5, 5.41) is 21.6. The number of benzene rings is 2. The third kappa shape index (κ3) is 11.8. The molecule has 5 N–H and O–H groups in total. The highest BCUT2D eigenvalue weighted by Crippen LogP contribution is 2.39. The summed E-state index contributed by atoms with van der Waals surface area (Å²) in [6.07, 6.45) is 8.60. The largest absolute Gasteiger partial charge is 0.438 e. The van der Waals surface area contributed by atoms with Crippen molar-refractivity contribution in [2.45, 2.75) is 39.9 Å². The molecule has 69 heavy (non-hydrogen) atoms. The molecule has 1 aliphatic heterocycles. The first-order valence-corrected chi connectivity index (χ1v) is 23.9. The number of amides is 5. The number of likely N-dealkylation sites (N-methyl/N-ethyl adjacent to an activating group) is 1. The Hall–Kier alpha value is -7.59. The van der Waals surface area contributed by atoms with Gasteiger partial charge < -0.3 is 30.3 Å². The van der Waals surface area contributed by atoms with Gasteiger partial charge >= 0.3 is 18.2 Å². The van der Waals surface area contributed by atoms with E-state index < -0.39 is 12.2 Å². The van der Waals surface area contributed by atoms with Gasteiger partial charge in [0.2, 0.25) is 0 Å². The second kappa shape index (κ2) is 22.0. The molecule has 19 nitrogen and oxygen atoms in total. The lowest BCUT2D eigenvalue weighted by Crippen LogP contribution is -2.47. The van der Waals surface area contributed by atoms with Gasteiger partial charge in [-0.25, -0.2) is 44.3 Å². The fourth-order valence-electron chi connectivity index (χ4n) is 7.20. The molecule has 2 atom stereocenters. The number of aliphatic hydroxyl groups excluding tert-OH is 1. The number of aliphatic hydroxyl groups is 1. The summed E-state index contributed by atoms with van der Waals surface area (Å²) >= 11 is 2.79. The van der Waals surface area contributed by atoms with Gasteiger partial charge in [0.25, 0.3) is 0 Å². The Morgan fingerprint density at radius 1 is 0.652 bits per heavy atom. The molecule has 5 amide bonds. The number of nitrogens with zero attached hydrogens (tertiary/aromatic N) is 10. The third-order valence-corrected chi connectivity index (χ3v) is 12.8. The zero-order valence-electron chi connectivity index (χ0n) is 38.5. The zero-order chi connectivity index (χ0) is 48.4. The molecule has 1 aliphatic rings. The van der Waals surface area contributed by atoms with Gasteiger partial charge in [-0.05, 0) is 94.4 Å². The summed E-state index contributed by atoms with van der Waals surface area (Å²) in [5.41, 5.74) is 8.16. The van der Waals surface area contributed by atoms with Crippen LogP contribution >= 0.6 is 22.7 Å². The summed E-state index contributed by atoms with van der Waals surface area (Å²) in [7, 11) is 2.04. The van der Waals surface area contributed by atoms with E-state index in [1.54, 1.807) is 55.9 Å². The summed E-state index contributed by atoms with van der Waals surface area (Å²) in [5.74, 6) is 0.793. The molecule has 7 heterocycles. The smallest absolute Gasteiger partial charge is 0.410 e. The number of ether oxygens (including phenoxy) is 1. The molecule has 0 radical (unpaired) electrons. The maximum atomic E-state index is 12.6. The molecule has 354 valence electrons. The third-order valence-electron chi connectivity index (χ3n) is 10.8. The van der Waals surface area contributed by atoms with E-state index in [-0.39, 0.29) is 18.2 Å². The van der Waals surface area contributed by atoms with E-state index in [1.807, 2.05) is 81.6 Å². The van der Waals surface area contributed by atoms with Crippen LogP contribution in [0.25, 0.3) is 65.2 Å². The van der Waals surface area contributed by atoms with Crippen LogP contribution < -0.4 is 21.3 Å². The molecule has 0 saturated carbocycles. The number of pyridine rings is 2. The molecule has 1 fully saturated rings. The van der Waals surface area contributed by atoms with Crippen molar-refractivity contribution in [1.29, 1.82) is 0 Å². The number of nitrogens with one attached hydrogen (secondary N) is 4. The highest BCUT2D eigenvalue weighted by molar-refractivity contribution is 7.23. The molecule has 1 saturated heterocycles. The topological polar surface area (TPSA) is 238 Å². The normalized spacial score (nSPS) is 13.5. The van der Waals surface area contributed by atoms with Crippen molar-refractivity contribution in [2.24, 2.45) is 0 Å². The molecule has 9 rings (SSSR count). The highest BCUT2D eigenvalue weighted by atomic mass is 32.1. The van der Waals surface area contributed by atoms with E-state index >= 15 is 0 Å². The number of anilines is 2. The highest BCUT2D eigenvalue weighted by Gasteiger charge is 2.24. The Balaban J connectivity index is 0.000000192. The van der Waals surface area contributed by atoms with Gasteiger partial charge in [-0.1, -0.05) is 34.8 Å². The molecule has 2 unspecified atom stereocenters. The quantitative estimate of drug-likeness (QED) is 0.0818. The van der Waals surface area contributed by atoms with Crippen LogP contribution in [0.1, 0.15) is 51.6 Å². The van der Waals surface area contributed by atoms with Crippen LogP contribution in [0.3, 0.4) is 0 Å². The number of rotatable bonds is 11. The number of urea groups is 2. The van der Waals surface area contributed by atoms with Crippen molar-refractivity contribution >= 4 is 71.5 Å². The van der Waals surface area contributed by atoms with Crippen LogP contribution in [-0.2, 0) is 4.74 Å². The maximum Gasteiger partial charge on any atom is 0.410 e. The molecule has 0 aliphatic carbocycles. The van der Waals surface area contributed by atoms with E-state index in [4.69, 9.17) is 4.74 Å². The lowest BCUT2D eigenvalue weighted by molar-refractivity contribution is 0.0523. The fourth-order valence-corrected chi connectivity index (χ4v) is 9.13. The Labute approximate surface area is 405 Å². The van der Waals surface area contributed by atoms with Gasteiger partial charge in [0, 0.05) is 98.7 Å². The first-order valence-electron chi connectivity index (χ1n) is 22.2. The van der Waals surface area contributed by atoms with Gasteiger partial charge in [-0.2, -0.15) is 0 Å². The summed E-state index contributed by atoms with van der Waals surface area (Å²) < 4.78 is 7.46. The van der Waals surface area contributed by atoms with Crippen molar-refractivity contribution in [2.75, 3.05) is 56.9 Å².